The van der Waals surface area contributed by atoms with E-state index in [1.54, 1.807) is 0 Å². The zero-order valence-electron chi connectivity index (χ0n) is 13.7. The van der Waals surface area contributed by atoms with Crippen molar-refractivity contribution in [1.29, 1.82) is 0 Å². The van der Waals surface area contributed by atoms with E-state index in [4.69, 9.17) is 14.2 Å². The summed E-state index contributed by atoms with van der Waals surface area (Å²) in [6.45, 7) is 11.2. The molecule has 120 valence electrons. The van der Waals surface area contributed by atoms with Gasteiger partial charge in [0.25, 0.3) is 0 Å². The molecule has 0 aromatic rings. The molecule has 0 amide bonds. The number of unbranched alkanes of at least 4 members (excludes halogenated alkanes) is 2. The van der Waals surface area contributed by atoms with Gasteiger partial charge in [-0.3, -0.25) is 4.79 Å². The highest BCUT2D eigenvalue weighted by atomic mass is 16.5. The van der Waals surface area contributed by atoms with Crippen LogP contribution in [0.4, 0.5) is 0 Å². The topological polar surface area (TPSA) is 44.8 Å². The Morgan fingerprint density at radius 2 is 1.30 bits per heavy atom. The molecule has 0 fully saturated rings. The largest absolute Gasteiger partial charge is 0.381 e. The molecule has 0 saturated carbocycles. The van der Waals surface area contributed by atoms with Gasteiger partial charge in [-0.15, -0.1) is 0 Å². The quantitative estimate of drug-likeness (QED) is 0.460. The van der Waals surface area contributed by atoms with Crippen LogP contribution in [0.1, 0.15) is 53.4 Å². The number of rotatable bonds is 14. The van der Waals surface area contributed by atoms with Crippen molar-refractivity contribution >= 4 is 5.78 Å². The van der Waals surface area contributed by atoms with Gasteiger partial charge in [0.1, 0.15) is 6.61 Å². The monoisotopic (exact) mass is 288 g/mol. The highest BCUT2D eigenvalue weighted by molar-refractivity contribution is 5.81. The summed E-state index contributed by atoms with van der Waals surface area (Å²) in [6.07, 6.45) is 4.35. The molecule has 0 heterocycles. The summed E-state index contributed by atoms with van der Waals surface area (Å²) in [5.74, 6) is 0.239. The van der Waals surface area contributed by atoms with E-state index < -0.39 is 0 Å². The van der Waals surface area contributed by atoms with E-state index in [0.29, 0.717) is 12.7 Å². The Morgan fingerprint density at radius 3 is 1.80 bits per heavy atom. The van der Waals surface area contributed by atoms with Gasteiger partial charge in [0, 0.05) is 32.3 Å². The average molecular weight is 288 g/mol. The number of Topliss-reactive ketones (excluding diaryl/α,β-unsaturated/α-hetero) is 1. The molecule has 0 aromatic carbocycles. The van der Waals surface area contributed by atoms with Crippen molar-refractivity contribution in [3.05, 3.63) is 0 Å². The standard InChI is InChI=1S/C16H32O4/c1-14(2)16(17)13-19-11-6-5-9-18-10-7-8-12-20-15(3)4/h14-15H,5-13H2,1-4H3. The van der Waals surface area contributed by atoms with Gasteiger partial charge in [0.15, 0.2) is 5.78 Å². The summed E-state index contributed by atoms with van der Waals surface area (Å²) in [4.78, 5) is 11.3. The van der Waals surface area contributed by atoms with E-state index >= 15 is 0 Å². The molecule has 4 nitrogen and oxygen atoms in total. The minimum Gasteiger partial charge on any atom is -0.381 e. The molecule has 0 bridgehead atoms. The number of carbonyl (C=O) groups is 1. The predicted octanol–water partition coefficient (Wildman–Crippen LogP) is 3.23. The van der Waals surface area contributed by atoms with Crippen molar-refractivity contribution in [1.82, 2.24) is 0 Å². The third-order valence-electron chi connectivity index (χ3n) is 2.85. The lowest BCUT2D eigenvalue weighted by atomic mass is 10.1. The summed E-state index contributed by atoms with van der Waals surface area (Å²) in [6, 6.07) is 0. The van der Waals surface area contributed by atoms with Gasteiger partial charge < -0.3 is 14.2 Å². The lowest BCUT2D eigenvalue weighted by Gasteiger charge is -2.08. The highest BCUT2D eigenvalue weighted by Crippen LogP contribution is 1.98. The lowest BCUT2D eigenvalue weighted by molar-refractivity contribution is -0.126. The molecule has 0 atom stereocenters. The molecule has 0 radical (unpaired) electrons. The summed E-state index contributed by atoms with van der Waals surface area (Å²) in [5.41, 5.74) is 0. The second-order valence-corrected chi connectivity index (χ2v) is 5.62. The first-order valence-corrected chi connectivity index (χ1v) is 7.83. The Morgan fingerprint density at radius 1 is 0.800 bits per heavy atom. The number of ketones is 1. The van der Waals surface area contributed by atoms with Gasteiger partial charge in [-0.2, -0.15) is 0 Å². The molecule has 20 heavy (non-hydrogen) atoms. The zero-order valence-corrected chi connectivity index (χ0v) is 13.7. The van der Waals surface area contributed by atoms with E-state index in [2.05, 4.69) is 0 Å². The third-order valence-corrected chi connectivity index (χ3v) is 2.85. The van der Waals surface area contributed by atoms with E-state index in [0.717, 1.165) is 45.5 Å². The third kappa shape index (κ3) is 14.0. The number of carbonyl (C=O) groups excluding carboxylic acids is 1. The first-order valence-electron chi connectivity index (χ1n) is 7.83. The minimum atomic E-state index is 0.0676. The Balaban J connectivity index is 3.08. The van der Waals surface area contributed by atoms with Gasteiger partial charge in [-0.25, -0.2) is 0 Å². The van der Waals surface area contributed by atoms with Crippen LogP contribution in [0.15, 0.2) is 0 Å². The lowest BCUT2D eigenvalue weighted by Crippen LogP contribution is -2.15. The summed E-state index contributed by atoms with van der Waals surface area (Å²) in [5, 5.41) is 0. The average Bonchev–Trinajstić information content (AvgIpc) is 2.39. The SMILES string of the molecule is CC(C)OCCCCOCCCCOCC(=O)C(C)C. The minimum absolute atomic E-state index is 0.0676. The molecule has 0 aromatic heterocycles. The van der Waals surface area contributed by atoms with Gasteiger partial charge in [0.2, 0.25) is 0 Å². The van der Waals surface area contributed by atoms with Crippen LogP contribution in [0.25, 0.3) is 0 Å². The van der Waals surface area contributed by atoms with Crippen LogP contribution in [0.5, 0.6) is 0 Å². The maximum atomic E-state index is 11.3. The van der Waals surface area contributed by atoms with Crippen LogP contribution in [-0.4, -0.2) is 44.9 Å². The van der Waals surface area contributed by atoms with Crippen molar-refractivity contribution in [2.75, 3.05) is 33.0 Å². The van der Waals surface area contributed by atoms with Gasteiger partial charge in [-0.05, 0) is 39.5 Å². The number of hydrogen-bond acceptors (Lipinski definition) is 4. The van der Waals surface area contributed by atoms with E-state index in [-0.39, 0.29) is 18.3 Å². The molecule has 0 aliphatic heterocycles. The van der Waals surface area contributed by atoms with Crippen LogP contribution in [0, 0.1) is 5.92 Å². The van der Waals surface area contributed by atoms with Gasteiger partial charge in [-0.1, -0.05) is 13.8 Å². The van der Waals surface area contributed by atoms with E-state index in [1.807, 2.05) is 27.7 Å². The van der Waals surface area contributed by atoms with Crippen LogP contribution < -0.4 is 0 Å². The summed E-state index contributed by atoms with van der Waals surface area (Å²) >= 11 is 0. The van der Waals surface area contributed by atoms with Crippen molar-refractivity contribution in [2.24, 2.45) is 5.92 Å². The molecule has 0 N–H and O–H groups in total. The molecule has 0 unspecified atom stereocenters. The molecule has 0 aliphatic rings. The first-order chi connectivity index (χ1) is 9.54. The molecule has 0 rings (SSSR count). The summed E-state index contributed by atoms with van der Waals surface area (Å²) < 4.78 is 16.3. The predicted molar refractivity (Wildman–Crippen MR) is 81.0 cm³/mol. The maximum Gasteiger partial charge on any atom is 0.160 e. The van der Waals surface area contributed by atoms with E-state index in [1.165, 1.54) is 0 Å². The van der Waals surface area contributed by atoms with Crippen LogP contribution >= 0.6 is 0 Å². The molecular formula is C16H32O4. The zero-order chi connectivity index (χ0) is 15.2. The first kappa shape index (κ1) is 19.6. The molecular weight excluding hydrogens is 256 g/mol. The normalized spacial score (nSPS) is 11.5. The Hall–Kier alpha value is -0.450. The van der Waals surface area contributed by atoms with Gasteiger partial charge in [0.05, 0.1) is 6.10 Å². The fourth-order valence-corrected chi connectivity index (χ4v) is 1.47. The van der Waals surface area contributed by atoms with Crippen LogP contribution in [0.3, 0.4) is 0 Å². The van der Waals surface area contributed by atoms with Crippen LogP contribution in [0.2, 0.25) is 0 Å². The fourth-order valence-electron chi connectivity index (χ4n) is 1.47. The fraction of sp³-hybridized carbons (Fsp3) is 0.938. The van der Waals surface area contributed by atoms with Crippen molar-refractivity contribution in [3.63, 3.8) is 0 Å². The van der Waals surface area contributed by atoms with Crippen LogP contribution in [-0.2, 0) is 19.0 Å². The van der Waals surface area contributed by atoms with Crippen molar-refractivity contribution in [3.8, 4) is 0 Å². The second-order valence-electron chi connectivity index (χ2n) is 5.62. The Labute approximate surface area is 124 Å². The Kier molecular flexibility index (Phi) is 13.2. The van der Waals surface area contributed by atoms with E-state index in [9.17, 15) is 4.79 Å². The molecule has 4 heteroatoms. The molecule has 0 saturated heterocycles. The van der Waals surface area contributed by atoms with Crippen molar-refractivity contribution < 1.29 is 19.0 Å². The maximum absolute atomic E-state index is 11.3. The smallest absolute Gasteiger partial charge is 0.160 e. The summed E-state index contributed by atoms with van der Waals surface area (Å²) in [7, 11) is 0. The highest BCUT2D eigenvalue weighted by Gasteiger charge is 2.06. The van der Waals surface area contributed by atoms with Crippen molar-refractivity contribution in [2.45, 2.75) is 59.5 Å². The number of hydrogen-bond donors (Lipinski definition) is 0. The Bertz CT molecular complexity index is 227. The molecule has 0 aliphatic carbocycles. The second kappa shape index (κ2) is 13.5. The number of ether oxygens (including phenoxy) is 3. The van der Waals surface area contributed by atoms with Gasteiger partial charge >= 0.3 is 0 Å². The molecule has 0 spiro atoms.